The Kier molecular flexibility index (Phi) is 10.8. The van der Waals surface area contributed by atoms with Gasteiger partial charge >= 0.3 is 6.16 Å². The third kappa shape index (κ3) is 9.24. The number of hydrogen-bond donors (Lipinski definition) is 1. The zero-order valence-corrected chi connectivity index (χ0v) is 11.7. The first-order valence-corrected chi connectivity index (χ1v) is 6.72. The minimum absolute atomic E-state index is 0.0731. The summed E-state index contributed by atoms with van der Waals surface area (Å²) in [5.74, 6) is 0. The zero-order chi connectivity index (χ0) is 13.8. The van der Waals surface area contributed by atoms with Crippen LogP contribution < -0.4 is 0 Å². The quantitative estimate of drug-likeness (QED) is 0.580. The minimum atomic E-state index is -1.25. The van der Waals surface area contributed by atoms with E-state index in [0.29, 0.717) is 13.2 Å². The number of ether oxygens (including phenoxy) is 3. The van der Waals surface area contributed by atoms with Gasteiger partial charge in [0, 0.05) is 6.61 Å². The SMILES string of the molecule is CCCCC(COC(=O)O)OCC(CC)OCC. The molecule has 0 aliphatic carbocycles. The summed E-state index contributed by atoms with van der Waals surface area (Å²) in [5, 5.41) is 8.49. The van der Waals surface area contributed by atoms with Crippen LogP contribution in [0.25, 0.3) is 0 Å². The maximum absolute atomic E-state index is 10.4. The second kappa shape index (κ2) is 11.3. The number of carboxylic acid groups (broad SMARTS) is 1. The van der Waals surface area contributed by atoms with Gasteiger partial charge in [0.2, 0.25) is 0 Å². The molecule has 0 fully saturated rings. The first kappa shape index (κ1) is 17.2. The summed E-state index contributed by atoms with van der Waals surface area (Å²) in [6.45, 7) is 7.32. The van der Waals surface area contributed by atoms with Gasteiger partial charge in [0.05, 0.1) is 18.8 Å². The van der Waals surface area contributed by atoms with Gasteiger partial charge in [0.25, 0.3) is 0 Å². The lowest BCUT2D eigenvalue weighted by Gasteiger charge is -2.21. The highest BCUT2D eigenvalue weighted by molar-refractivity contribution is 5.56. The number of carbonyl (C=O) groups is 1. The number of rotatable bonds is 11. The molecule has 18 heavy (non-hydrogen) atoms. The average Bonchev–Trinajstić information content (AvgIpc) is 2.36. The first-order valence-electron chi connectivity index (χ1n) is 6.72. The lowest BCUT2D eigenvalue weighted by molar-refractivity contribution is -0.0643. The molecule has 1 N–H and O–H groups in total. The molecule has 0 saturated carbocycles. The molecule has 2 unspecified atom stereocenters. The van der Waals surface area contributed by atoms with Crippen molar-refractivity contribution in [2.45, 2.75) is 58.7 Å². The van der Waals surface area contributed by atoms with Gasteiger partial charge in [-0.15, -0.1) is 0 Å². The van der Waals surface area contributed by atoms with Crippen LogP contribution >= 0.6 is 0 Å². The third-order valence-electron chi connectivity index (χ3n) is 2.65. The second-order valence-electron chi connectivity index (χ2n) is 4.16. The maximum Gasteiger partial charge on any atom is 0.505 e. The molecule has 5 nitrogen and oxygen atoms in total. The second-order valence-corrected chi connectivity index (χ2v) is 4.16. The zero-order valence-electron chi connectivity index (χ0n) is 11.7. The summed E-state index contributed by atoms with van der Waals surface area (Å²) in [6, 6.07) is 0. The lowest BCUT2D eigenvalue weighted by Crippen LogP contribution is -2.27. The van der Waals surface area contributed by atoms with E-state index < -0.39 is 6.16 Å². The van der Waals surface area contributed by atoms with Gasteiger partial charge < -0.3 is 19.3 Å². The van der Waals surface area contributed by atoms with Crippen molar-refractivity contribution in [3.63, 3.8) is 0 Å². The van der Waals surface area contributed by atoms with Crippen molar-refractivity contribution >= 4 is 6.16 Å². The molecule has 0 radical (unpaired) electrons. The Morgan fingerprint density at radius 2 is 1.83 bits per heavy atom. The largest absolute Gasteiger partial charge is 0.505 e. The molecule has 0 aromatic carbocycles. The summed E-state index contributed by atoms with van der Waals surface area (Å²) in [6.07, 6.45) is 2.39. The molecule has 0 rings (SSSR count). The molecular weight excluding hydrogens is 236 g/mol. The van der Waals surface area contributed by atoms with E-state index in [1.54, 1.807) is 0 Å². The van der Waals surface area contributed by atoms with Gasteiger partial charge in [0.1, 0.15) is 6.61 Å². The van der Waals surface area contributed by atoms with Crippen molar-refractivity contribution < 1.29 is 24.1 Å². The molecule has 2 atom stereocenters. The molecule has 108 valence electrons. The first-order chi connectivity index (χ1) is 8.63. The van der Waals surface area contributed by atoms with Crippen LogP contribution in [-0.4, -0.2) is 43.3 Å². The molecule has 0 heterocycles. The van der Waals surface area contributed by atoms with Gasteiger partial charge in [-0.25, -0.2) is 4.79 Å². The Morgan fingerprint density at radius 3 is 2.33 bits per heavy atom. The summed E-state index contributed by atoms with van der Waals surface area (Å²) in [5.41, 5.74) is 0. The van der Waals surface area contributed by atoms with Crippen molar-refractivity contribution in [3.8, 4) is 0 Å². The lowest BCUT2D eigenvalue weighted by atomic mass is 10.2. The Morgan fingerprint density at radius 1 is 1.11 bits per heavy atom. The number of unbranched alkanes of at least 4 members (excludes halogenated alkanes) is 1. The van der Waals surface area contributed by atoms with Crippen LogP contribution in [0.4, 0.5) is 4.79 Å². The van der Waals surface area contributed by atoms with Crippen LogP contribution in [0.5, 0.6) is 0 Å². The fraction of sp³-hybridized carbons (Fsp3) is 0.923. The van der Waals surface area contributed by atoms with E-state index in [1.165, 1.54) is 0 Å². The Hall–Kier alpha value is -0.810. The number of hydrogen-bond acceptors (Lipinski definition) is 4. The minimum Gasteiger partial charge on any atom is -0.450 e. The molecule has 5 heteroatoms. The summed E-state index contributed by atoms with van der Waals surface area (Å²) in [7, 11) is 0. The maximum atomic E-state index is 10.4. The van der Waals surface area contributed by atoms with Crippen molar-refractivity contribution in [2.75, 3.05) is 19.8 Å². The van der Waals surface area contributed by atoms with Crippen molar-refractivity contribution in [1.29, 1.82) is 0 Å². The molecule has 0 aliphatic rings. The van der Waals surface area contributed by atoms with Gasteiger partial charge in [-0.05, 0) is 19.8 Å². The van der Waals surface area contributed by atoms with Crippen LogP contribution in [0.3, 0.4) is 0 Å². The summed E-state index contributed by atoms with van der Waals surface area (Å²) < 4.78 is 15.8. The summed E-state index contributed by atoms with van der Waals surface area (Å²) in [4.78, 5) is 10.4. The normalized spacial score (nSPS) is 14.2. The molecule has 0 saturated heterocycles. The predicted octanol–water partition coefficient (Wildman–Crippen LogP) is 3.07. The topological polar surface area (TPSA) is 65.0 Å². The van der Waals surface area contributed by atoms with Crippen LogP contribution in [0.2, 0.25) is 0 Å². The predicted molar refractivity (Wildman–Crippen MR) is 68.9 cm³/mol. The monoisotopic (exact) mass is 262 g/mol. The average molecular weight is 262 g/mol. The summed E-state index contributed by atoms with van der Waals surface area (Å²) >= 11 is 0. The highest BCUT2D eigenvalue weighted by Crippen LogP contribution is 2.08. The van der Waals surface area contributed by atoms with Crippen LogP contribution in [-0.2, 0) is 14.2 Å². The van der Waals surface area contributed by atoms with E-state index >= 15 is 0 Å². The standard InChI is InChI=1S/C13H26O5/c1-4-7-8-12(10-18-13(14)15)17-9-11(5-2)16-6-3/h11-12H,4-10H2,1-3H3,(H,14,15). The Balaban J connectivity index is 4.00. The van der Waals surface area contributed by atoms with E-state index in [4.69, 9.17) is 14.6 Å². The molecule has 0 amide bonds. The Labute approximate surface area is 109 Å². The molecular formula is C13H26O5. The van der Waals surface area contributed by atoms with Crippen molar-refractivity contribution in [2.24, 2.45) is 0 Å². The van der Waals surface area contributed by atoms with Crippen LogP contribution in [0, 0.1) is 0 Å². The molecule has 0 spiro atoms. The highest BCUT2D eigenvalue weighted by atomic mass is 16.7. The highest BCUT2D eigenvalue weighted by Gasteiger charge is 2.14. The van der Waals surface area contributed by atoms with Gasteiger partial charge in [-0.1, -0.05) is 26.7 Å². The van der Waals surface area contributed by atoms with Gasteiger partial charge in [-0.2, -0.15) is 0 Å². The van der Waals surface area contributed by atoms with Crippen LogP contribution in [0.1, 0.15) is 46.5 Å². The third-order valence-corrected chi connectivity index (χ3v) is 2.65. The van der Waals surface area contributed by atoms with E-state index in [-0.39, 0.29) is 18.8 Å². The van der Waals surface area contributed by atoms with Gasteiger partial charge in [-0.3, -0.25) is 0 Å². The fourth-order valence-electron chi connectivity index (χ4n) is 1.57. The van der Waals surface area contributed by atoms with E-state index in [0.717, 1.165) is 25.7 Å². The molecule has 0 bridgehead atoms. The smallest absolute Gasteiger partial charge is 0.450 e. The van der Waals surface area contributed by atoms with E-state index in [1.807, 2.05) is 13.8 Å². The van der Waals surface area contributed by atoms with Crippen molar-refractivity contribution in [3.05, 3.63) is 0 Å². The molecule has 0 aromatic rings. The van der Waals surface area contributed by atoms with Crippen molar-refractivity contribution in [1.82, 2.24) is 0 Å². The Bertz CT molecular complexity index is 208. The van der Waals surface area contributed by atoms with E-state index in [9.17, 15) is 4.79 Å². The van der Waals surface area contributed by atoms with E-state index in [2.05, 4.69) is 11.7 Å². The fourth-order valence-corrected chi connectivity index (χ4v) is 1.57. The molecule has 0 aliphatic heterocycles. The molecule has 0 aromatic heterocycles. The van der Waals surface area contributed by atoms with Gasteiger partial charge in [0.15, 0.2) is 0 Å². The van der Waals surface area contributed by atoms with Crippen LogP contribution in [0.15, 0.2) is 0 Å².